The third-order valence-electron chi connectivity index (χ3n) is 7.27. The van der Waals surface area contributed by atoms with Crippen molar-refractivity contribution in [2.24, 2.45) is 5.41 Å². The van der Waals surface area contributed by atoms with Crippen LogP contribution in [0, 0.1) is 5.41 Å². The van der Waals surface area contributed by atoms with Gasteiger partial charge in [0.05, 0.1) is 0 Å². The van der Waals surface area contributed by atoms with Crippen LogP contribution < -0.4 is 0 Å². The molecule has 0 aliphatic rings. The summed E-state index contributed by atoms with van der Waals surface area (Å²) in [6, 6.07) is 2.20. The quantitative estimate of drug-likeness (QED) is 0.157. The summed E-state index contributed by atoms with van der Waals surface area (Å²) in [5, 5.41) is 0.175. The molecule has 1 aromatic rings. The number of hydrogen-bond acceptors (Lipinski definition) is 1. The van der Waals surface area contributed by atoms with Gasteiger partial charge in [0.2, 0.25) is 0 Å². The third-order valence-corrected chi connectivity index (χ3v) is 7.27. The van der Waals surface area contributed by atoms with Crippen LogP contribution >= 0.6 is 0 Å². The van der Waals surface area contributed by atoms with E-state index in [1.807, 2.05) is 0 Å². The molecule has 0 radical (unpaired) electrons. The van der Waals surface area contributed by atoms with Gasteiger partial charge < -0.3 is 0 Å². The van der Waals surface area contributed by atoms with Crippen molar-refractivity contribution in [1.82, 2.24) is 0 Å². The molecule has 1 rings (SSSR count). The number of carbonyl (C=O) groups excluding carboxylic acids is 1. The minimum Gasteiger partial charge on any atom is -0.0654 e. The summed E-state index contributed by atoms with van der Waals surface area (Å²) in [5.74, 6) is 4.37. The number of unbranched alkanes of at least 4 members (excludes halogenated alkanes) is 7. The summed E-state index contributed by atoms with van der Waals surface area (Å²) in [7, 11) is 0.749. The van der Waals surface area contributed by atoms with Gasteiger partial charge in [0.15, 0.2) is 0 Å². The fraction of sp³-hybridized carbons (Fsp3) is 0.793. The van der Waals surface area contributed by atoms with Crippen molar-refractivity contribution < 1.29 is 4.79 Å². The molecule has 0 bridgehead atoms. The van der Waals surface area contributed by atoms with E-state index in [1.54, 1.807) is 0 Å². The van der Waals surface area contributed by atoms with E-state index in [0.29, 0.717) is 17.5 Å². The molecule has 0 fully saturated rings. The van der Waals surface area contributed by atoms with Gasteiger partial charge in [-0.25, -0.2) is 0 Å². The van der Waals surface area contributed by atoms with Gasteiger partial charge in [-0.1, -0.05) is 13.8 Å². The zero-order valence-electron chi connectivity index (χ0n) is 22.5. The molecule has 32 heavy (non-hydrogen) atoms. The molecule has 0 spiro atoms. The molecular formula is C29H52B2O. The van der Waals surface area contributed by atoms with Gasteiger partial charge in [-0.05, 0) is 0 Å². The molecule has 1 heterocycles. The molecule has 0 saturated heterocycles. The molecule has 0 aliphatic heterocycles. The zero-order valence-corrected chi connectivity index (χ0v) is 22.5. The van der Waals surface area contributed by atoms with Crippen LogP contribution in [0.25, 0.3) is 0 Å². The SMILES string of the molecule is CCCCCCC(C)(BC(=O)Cc1ccbcc1CC(C)(C)CCCC)CCCCCC. The molecule has 0 N–H and O–H groups in total. The Balaban J connectivity index is 2.79. The fourth-order valence-corrected chi connectivity index (χ4v) is 5.17. The van der Waals surface area contributed by atoms with Gasteiger partial charge in [-0.15, -0.1) is 0 Å². The Morgan fingerprint density at radius 2 is 1.41 bits per heavy atom. The first-order valence-electron chi connectivity index (χ1n) is 13.8. The van der Waals surface area contributed by atoms with Gasteiger partial charge in [0.1, 0.15) is 0 Å². The predicted octanol–water partition coefficient (Wildman–Crippen LogP) is 8.41. The van der Waals surface area contributed by atoms with Crippen LogP contribution in [0.15, 0.2) is 18.0 Å². The average Bonchev–Trinajstić information content (AvgIpc) is 2.74. The molecule has 0 unspecified atom stereocenters. The van der Waals surface area contributed by atoms with E-state index >= 15 is 0 Å². The third kappa shape index (κ3) is 12.4. The maximum absolute atomic E-state index is 13.3. The van der Waals surface area contributed by atoms with E-state index < -0.39 is 0 Å². The van der Waals surface area contributed by atoms with Gasteiger partial charge in [0.25, 0.3) is 0 Å². The van der Waals surface area contributed by atoms with Gasteiger partial charge in [-0.3, -0.25) is 0 Å². The topological polar surface area (TPSA) is 17.1 Å². The Hall–Kier alpha value is -0.850. The summed E-state index contributed by atoms with van der Waals surface area (Å²) >= 11 is 0. The minimum absolute atomic E-state index is 0.175. The van der Waals surface area contributed by atoms with E-state index in [1.165, 1.54) is 94.6 Å². The summed E-state index contributed by atoms with van der Waals surface area (Å²) in [6.45, 7) is 16.1. The summed E-state index contributed by atoms with van der Waals surface area (Å²) < 4.78 is 0. The Kier molecular flexibility index (Phi) is 14.5. The van der Waals surface area contributed by atoms with Crippen LogP contribution in [0.4, 0.5) is 0 Å². The van der Waals surface area contributed by atoms with Crippen LogP contribution in [0.1, 0.15) is 136 Å². The van der Waals surface area contributed by atoms with E-state index in [9.17, 15) is 4.79 Å². The van der Waals surface area contributed by atoms with Crippen LogP contribution in [0.5, 0.6) is 0 Å². The second-order valence-electron chi connectivity index (χ2n) is 11.5. The van der Waals surface area contributed by atoms with Crippen molar-refractivity contribution in [3.63, 3.8) is 0 Å². The summed E-state index contributed by atoms with van der Waals surface area (Å²) in [6.07, 6.45) is 18.2. The molecule has 180 valence electrons. The van der Waals surface area contributed by atoms with Crippen molar-refractivity contribution in [2.75, 3.05) is 0 Å². The van der Waals surface area contributed by atoms with Crippen molar-refractivity contribution in [1.29, 1.82) is 0 Å². The predicted molar refractivity (Wildman–Crippen MR) is 147 cm³/mol. The molecule has 0 aliphatic carbocycles. The molecule has 0 atom stereocenters. The van der Waals surface area contributed by atoms with Gasteiger partial charge in [0, 0.05) is 0 Å². The number of carbonyl (C=O) groups is 1. The second kappa shape index (κ2) is 15.9. The molecule has 0 amide bonds. The first-order chi connectivity index (χ1) is 15.2. The Morgan fingerprint density at radius 3 is 1.97 bits per heavy atom. The number of hydrogen-bond donors (Lipinski definition) is 0. The van der Waals surface area contributed by atoms with E-state index in [4.69, 9.17) is 0 Å². The van der Waals surface area contributed by atoms with Crippen molar-refractivity contribution in [3.8, 4) is 0 Å². The minimum atomic E-state index is 0.175. The molecule has 0 saturated carbocycles. The first-order valence-corrected chi connectivity index (χ1v) is 13.8. The van der Waals surface area contributed by atoms with E-state index in [0.717, 1.165) is 13.7 Å². The zero-order chi connectivity index (χ0) is 23.9. The second-order valence-corrected chi connectivity index (χ2v) is 11.5. The van der Waals surface area contributed by atoms with Crippen LogP contribution in [-0.4, -0.2) is 19.9 Å². The fourth-order valence-electron chi connectivity index (χ4n) is 5.17. The maximum atomic E-state index is 13.3. The van der Waals surface area contributed by atoms with Crippen molar-refractivity contribution >= 4 is 19.9 Å². The first kappa shape index (κ1) is 29.2. The van der Waals surface area contributed by atoms with Crippen LogP contribution in [0.3, 0.4) is 0 Å². The van der Waals surface area contributed by atoms with Crippen molar-refractivity contribution in [3.05, 3.63) is 29.1 Å². The Bertz CT molecular complexity index is 626. The molecule has 0 aromatic carbocycles. The Labute approximate surface area is 202 Å². The van der Waals surface area contributed by atoms with E-state index in [-0.39, 0.29) is 5.31 Å². The molecule has 3 heteroatoms. The average molecular weight is 438 g/mol. The molecule has 1 aromatic heterocycles. The smallest absolute Gasteiger partial charge is 0.0654 e. The number of rotatable bonds is 19. The van der Waals surface area contributed by atoms with E-state index in [2.05, 4.69) is 66.4 Å². The monoisotopic (exact) mass is 438 g/mol. The standard InChI is InChI=1S/C29H52B2O/c1-7-10-13-15-19-29(6,20-16-14-11-8-2)31-27(32)22-25-17-21-30-24-26(25)23-28(4,5)18-12-9-3/h17,21,24,31H,7-16,18-20,22-23H2,1-6H3. The van der Waals surface area contributed by atoms with Crippen LogP contribution in [0.2, 0.25) is 5.31 Å². The normalized spacial score (nSPS) is 12.1. The van der Waals surface area contributed by atoms with Crippen LogP contribution in [-0.2, 0) is 17.6 Å². The summed E-state index contributed by atoms with van der Waals surface area (Å²) in [4.78, 5) is 13.3. The Morgan fingerprint density at radius 1 is 0.812 bits per heavy atom. The molecular weight excluding hydrogens is 386 g/mol. The summed E-state index contributed by atoms with van der Waals surface area (Å²) in [5.41, 5.74) is 3.38. The van der Waals surface area contributed by atoms with Crippen molar-refractivity contribution in [2.45, 2.75) is 143 Å². The van der Waals surface area contributed by atoms with Gasteiger partial charge >= 0.3 is 189 Å². The van der Waals surface area contributed by atoms with Gasteiger partial charge in [-0.2, -0.15) is 0 Å². The molecule has 1 nitrogen and oxygen atoms in total.